The summed E-state index contributed by atoms with van der Waals surface area (Å²) in [6.07, 6.45) is 7.01. The average Bonchev–Trinajstić information content (AvgIpc) is 3.57. The number of aromatic nitrogens is 2. The summed E-state index contributed by atoms with van der Waals surface area (Å²) in [5.41, 5.74) is 0.808. The molecule has 10 heteroatoms. The van der Waals surface area contributed by atoms with Crippen molar-refractivity contribution in [1.29, 1.82) is 0 Å². The van der Waals surface area contributed by atoms with Gasteiger partial charge in [-0.2, -0.15) is 4.98 Å². The molecule has 35 heavy (non-hydrogen) atoms. The van der Waals surface area contributed by atoms with E-state index in [-0.39, 0.29) is 17.5 Å². The van der Waals surface area contributed by atoms with Gasteiger partial charge in [0, 0.05) is 37.1 Å². The summed E-state index contributed by atoms with van der Waals surface area (Å²) in [6.45, 7) is 5.97. The number of benzene rings is 1. The molecular weight excluding hydrogens is 466 g/mol. The Morgan fingerprint density at radius 3 is 2.43 bits per heavy atom. The van der Waals surface area contributed by atoms with Gasteiger partial charge in [-0.1, -0.05) is 0 Å². The minimum Gasteiger partial charge on any atom is -0.493 e. The number of methoxy groups -OCH3 is 1. The Labute approximate surface area is 208 Å². The summed E-state index contributed by atoms with van der Waals surface area (Å²) in [4.78, 5) is 14.5. The molecular formula is C25H37N5O4S. The van der Waals surface area contributed by atoms with E-state index in [1.807, 2.05) is 12.1 Å². The van der Waals surface area contributed by atoms with Crippen LogP contribution < -0.4 is 19.7 Å². The molecule has 9 nitrogen and oxygen atoms in total. The normalized spacial score (nSPS) is 21.0. The van der Waals surface area contributed by atoms with Gasteiger partial charge in [0.05, 0.1) is 30.7 Å². The number of likely N-dealkylation sites (tertiary alicyclic amines) is 1. The fourth-order valence-corrected chi connectivity index (χ4v) is 6.76. The summed E-state index contributed by atoms with van der Waals surface area (Å²) in [5.74, 6) is 3.23. The van der Waals surface area contributed by atoms with Gasteiger partial charge in [-0.3, -0.25) is 0 Å². The highest BCUT2D eigenvalue weighted by molar-refractivity contribution is 7.91. The van der Waals surface area contributed by atoms with E-state index in [4.69, 9.17) is 19.4 Å². The maximum Gasteiger partial charge on any atom is 0.227 e. The first-order chi connectivity index (χ1) is 17.0. The van der Waals surface area contributed by atoms with E-state index >= 15 is 0 Å². The van der Waals surface area contributed by atoms with Crippen LogP contribution in [0.15, 0.2) is 12.1 Å². The predicted octanol–water partition coefficient (Wildman–Crippen LogP) is 3.09. The van der Waals surface area contributed by atoms with E-state index in [1.54, 1.807) is 7.11 Å². The van der Waals surface area contributed by atoms with Crippen LogP contribution in [0.3, 0.4) is 0 Å². The van der Waals surface area contributed by atoms with E-state index in [0.717, 1.165) is 55.6 Å². The summed E-state index contributed by atoms with van der Waals surface area (Å²) >= 11 is 0. The van der Waals surface area contributed by atoms with Crippen LogP contribution in [0.2, 0.25) is 0 Å². The number of fused-ring (bicyclic) bond motifs is 1. The van der Waals surface area contributed by atoms with Gasteiger partial charge in [0.25, 0.3) is 0 Å². The van der Waals surface area contributed by atoms with Gasteiger partial charge in [0.2, 0.25) is 5.95 Å². The molecule has 3 aliphatic rings. The summed E-state index contributed by atoms with van der Waals surface area (Å²) in [6, 6.07) is 3.97. The van der Waals surface area contributed by atoms with Gasteiger partial charge < -0.3 is 24.6 Å². The van der Waals surface area contributed by atoms with Crippen LogP contribution in [0.25, 0.3) is 10.9 Å². The molecule has 0 radical (unpaired) electrons. The number of nitrogens with one attached hydrogen (secondary N) is 1. The molecule has 0 atom stereocenters. The van der Waals surface area contributed by atoms with Crippen molar-refractivity contribution in [2.24, 2.45) is 0 Å². The maximum absolute atomic E-state index is 11.9. The van der Waals surface area contributed by atoms with Gasteiger partial charge in [-0.15, -0.1) is 0 Å². The van der Waals surface area contributed by atoms with Crippen LogP contribution >= 0.6 is 0 Å². The summed E-state index contributed by atoms with van der Waals surface area (Å²) < 4.78 is 35.6. The predicted molar refractivity (Wildman–Crippen MR) is 139 cm³/mol. The fraction of sp³-hybridized carbons (Fsp3) is 0.680. The SMILES string of the molecule is COc1cc2c(NC3CCS(=O)(=O)CC3)nc(N3CCCC3)nc2cc1OCCCN1CCCC1. The van der Waals surface area contributed by atoms with Crippen molar-refractivity contribution in [2.75, 3.05) is 68.2 Å². The van der Waals surface area contributed by atoms with Crippen LogP contribution in [0.4, 0.5) is 11.8 Å². The number of hydrogen-bond donors (Lipinski definition) is 1. The van der Waals surface area contributed by atoms with Crippen LogP contribution in [0, 0.1) is 0 Å². The lowest BCUT2D eigenvalue weighted by atomic mass is 10.1. The third-order valence-electron chi connectivity index (χ3n) is 7.33. The zero-order chi connectivity index (χ0) is 24.3. The Hall–Kier alpha value is -2.33. The zero-order valence-electron chi connectivity index (χ0n) is 20.7. The smallest absolute Gasteiger partial charge is 0.227 e. The second-order valence-corrected chi connectivity index (χ2v) is 12.2. The highest BCUT2D eigenvalue weighted by Gasteiger charge is 2.26. The molecule has 3 aliphatic heterocycles. The average molecular weight is 504 g/mol. The molecule has 0 saturated carbocycles. The van der Waals surface area contributed by atoms with Gasteiger partial charge in [0.1, 0.15) is 15.7 Å². The van der Waals surface area contributed by atoms with E-state index in [1.165, 1.54) is 25.9 Å². The van der Waals surface area contributed by atoms with Gasteiger partial charge in [-0.05, 0) is 64.1 Å². The van der Waals surface area contributed by atoms with E-state index in [9.17, 15) is 8.42 Å². The lowest BCUT2D eigenvalue weighted by Crippen LogP contribution is -2.32. The number of nitrogens with zero attached hydrogens (tertiary/aromatic N) is 4. The maximum atomic E-state index is 11.9. The molecule has 0 unspecified atom stereocenters. The first-order valence-electron chi connectivity index (χ1n) is 13.0. The van der Waals surface area contributed by atoms with E-state index in [0.29, 0.717) is 36.9 Å². The van der Waals surface area contributed by atoms with Crippen molar-refractivity contribution in [1.82, 2.24) is 14.9 Å². The Balaban J connectivity index is 1.39. The third-order valence-corrected chi connectivity index (χ3v) is 9.04. The van der Waals surface area contributed by atoms with Crippen LogP contribution in [-0.4, -0.2) is 87.3 Å². The van der Waals surface area contributed by atoms with Gasteiger partial charge in [-0.25, -0.2) is 13.4 Å². The molecule has 1 aromatic heterocycles. The van der Waals surface area contributed by atoms with Crippen LogP contribution in [-0.2, 0) is 9.84 Å². The highest BCUT2D eigenvalue weighted by Crippen LogP contribution is 2.36. The molecule has 0 spiro atoms. The van der Waals surface area contributed by atoms with Gasteiger partial charge >= 0.3 is 0 Å². The topological polar surface area (TPSA) is 96.9 Å². The van der Waals surface area contributed by atoms with Crippen LogP contribution in [0.5, 0.6) is 11.5 Å². The largest absolute Gasteiger partial charge is 0.493 e. The number of anilines is 2. The van der Waals surface area contributed by atoms with Crippen molar-refractivity contribution in [3.05, 3.63) is 12.1 Å². The molecule has 5 rings (SSSR count). The number of rotatable bonds is 9. The molecule has 2 aromatic rings. The molecule has 4 heterocycles. The Kier molecular flexibility index (Phi) is 7.48. The molecule has 1 N–H and O–H groups in total. The van der Waals surface area contributed by atoms with Crippen molar-refractivity contribution in [2.45, 2.75) is 51.0 Å². The highest BCUT2D eigenvalue weighted by atomic mass is 32.2. The second kappa shape index (κ2) is 10.7. The van der Waals surface area contributed by atoms with E-state index in [2.05, 4.69) is 15.1 Å². The lowest BCUT2D eigenvalue weighted by Gasteiger charge is -2.25. The first-order valence-corrected chi connectivity index (χ1v) is 14.8. The number of sulfone groups is 1. The Bertz CT molecular complexity index is 1120. The number of hydrogen-bond acceptors (Lipinski definition) is 9. The Morgan fingerprint density at radius 1 is 1.00 bits per heavy atom. The minimum absolute atomic E-state index is 0.0653. The fourth-order valence-electron chi connectivity index (χ4n) is 5.27. The van der Waals surface area contributed by atoms with Gasteiger partial charge in [0.15, 0.2) is 11.5 Å². The molecule has 0 aliphatic carbocycles. The molecule has 0 bridgehead atoms. The molecule has 0 amide bonds. The van der Waals surface area contributed by atoms with E-state index < -0.39 is 9.84 Å². The number of ether oxygens (including phenoxy) is 2. The standard InChI is InChI=1S/C25H37N5O4S/c1-33-22-17-20-21(18-23(22)34-14-6-11-29-9-2-3-10-29)27-25(30-12-4-5-13-30)28-24(20)26-19-7-15-35(31,32)16-8-19/h17-19H,2-16H2,1H3,(H,26,27,28). The lowest BCUT2D eigenvalue weighted by molar-refractivity contribution is 0.254. The van der Waals surface area contributed by atoms with Crippen molar-refractivity contribution in [3.8, 4) is 11.5 Å². The van der Waals surface area contributed by atoms with Crippen molar-refractivity contribution in [3.63, 3.8) is 0 Å². The summed E-state index contributed by atoms with van der Waals surface area (Å²) in [5, 5.41) is 4.40. The first kappa shape index (κ1) is 24.4. The monoisotopic (exact) mass is 503 g/mol. The second-order valence-electron chi connectivity index (χ2n) is 9.91. The quantitative estimate of drug-likeness (QED) is 0.518. The van der Waals surface area contributed by atoms with Crippen LogP contribution in [0.1, 0.15) is 44.9 Å². The third kappa shape index (κ3) is 5.91. The minimum atomic E-state index is -2.93. The molecule has 192 valence electrons. The molecule has 1 aromatic carbocycles. The van der Waals surface area contributed by atoms with Crippen molar-refractivity contribution >= 4 is 32.5 Å². The zero-order valence-corrected chi connectivity index (χ0v) is 21.5. The van der Waals surface area contributed by atoms with Crippen molar-refractivity contribution < 1.29 is 17.9 Å². The molecule has 3 saturated heterocycles. The Morgan fingerprint density at radius 2 is 1.71 bits per heavy atom. The molecule has 3 fully saturated rings. The summed E-state index contributed by atoms with van der Waals surface area (Å²) in [7, 11) is -1.28.